The highest BCUT2D eigenvalue weighted by atomic mass is 16.4. The first-order valence-corrected chi connectivity index (χ1v) is 6.80. The highest BCUT2D eigenvalue weighted by Crippen LogP contribution is 2.10. The lowest BCUT2D eigenvalue weighted by molar-refractivity contribution is 0.0696. The number of benzene rings is 2. The van der Waals surface area contributed by atoms with E-state index in [0.29, 0.717) is 12.1 Å². The Bertz CT molecular complexity index is 665. The Morgan fingerprint density at radius 3 is 2.57 bits per heavy atom. The molecule has 4 nitrogen and oxygen atoms in total. The number of carbonyl (C=O) groups is 2. The molecule has 108 valence electrons. The van der Waals surface area contributed by atoms with Crippen LogP contribution in [0.3, 0.4) is 0 Å². The molecule has 0 spiro atoms. The molecular weight excluding hydrogens is 266 g/mol. The number of hydrogen-bond acceptors (Lipinski definition) is 2. The van der Waals surface area contributed by atoms with Gasteiger partial charge in [-0.1, -0.05) is 37.3 Å². The lowest BCUT2D eigenvalue weighted by atomic mass is 10.0. The number of rotatable bonds is 5. The zero-order valence-corrected chi connectivity index (χ0v) is 11.8. The number of carboxylic acid groups (broad SMARTS) is 1. The van der Waals surface area contributed by atoms with Crippen LogP contribution in [0.5, 0.6) is 0 Å². The van der Waals surface area contributed by atoms with Crippen molar-refractivity contribution >= 4 is 11.9 Å². The lowest BCUT2D eigenvalue weighted by Gasteiger charge is -2.09. The molecule has 2 aromatic rings. The van der Waals surface area contributed by atoms with Crippen LogP contribution in [0.4, 0.5) is 0 Å². The Balaban J connectivity index is 2.07. The van der Waals surface area contributed by atoms with Gasteiger partial charge in [0.2, 0.25) is 0 Å². The molecule has 0 fully saturated rings. The monoisotopic (exact) mass is 283 g/mol. The molecule has 0 aliphatic rings. The minimum absolute atomic E-state index is 0.145. The predicted octanol–water partition coefficient (Wildman–Crippen LogP) is 2.88. The second-order valence-corrected chi connectivity index (χ2v) is 4.70. The van der Waals surface area contributed by atoms with E-state index in [0.717, 1.165) is 17.5 Å². The van der Waals surface area contributed by atoms with E-state index in [1.54, 1.807) is 24.3 Å². The number of amides is 1. The van der Waals surface area contributed by atoms with Gasteiger partial charge >= 0.3 is 5.97 Å². The van der Waals surface area contributed by atoms with E-state index >= 15 is 0 Å². The summed E-state index contributed by atoms with van der Waals surface area (Å²) in [7, 11) is 0. The van der Waals surface area contributed by atoms with E-state index in [9.17, 15) is 9.59 Å². The van der Waals surface area contributed by atoms with Crippen molar-refractivity contribution in [1.29, 1.82) is 0 Å². The summed E-state index contributed by atoms with van der Waals surface area (Å²) >= 11 is 0. The van der Waals surface area contributed by atoms with Gasteiger partial charge in [-0.25, -0.2) is 4.79 Å². The van der Waals surface area contributed by atoms with Crippen LogP contribution >= 0.6 is 0 Å². The van der Waals surface area contributed by atoms with Crippen molar-refractivity contribution in [3.05, 3.63) is 70.8 Å². The van der Waals surface area contributed by atoms with Crippen LogP contribution in [0, 0.1) is 0 Å². The minimum Gasteiger partial charge on any atom is -0.478 e. The van der Waals surface area contributed by atoms with E-state index in [2.05, 4.69) is 5.32 Å². The smallest absolute Gasteiger partial charge is 0.335 e. The van der Waals surface area contributed by atoms with Crippen molar-refractivity contribution in [3.8, 4) is 0 Å². The van der Waals surface area contributed by atoms with E-state index in [1.165, 1.54) is 6.07 Å². The predicted molar refractivity (Wildman–Crippen MR) is 80.4 cm³/mol. The molecule has 2 rings (SSSR count). The van der Waals surface area contributed by atoms with Crippen LogP contribution < -0.4 is 5.32 Å². The zero-order chi connectivity index (χ0) is 15.2. The first-order chi connectivity index (χ1) is 10.1. The fourth-order valence-corrected chi connectivity index (χ4v) is 2.14. The summed E-state index contributed by atoms with van der Waals surface area (Å²) in [4.78, 5) is 23.1. The second kappa shape index (κ2) is 6.70. The summed E-state index contributed by atoms with van der Waals surface area (Å²) in [6, 6.07) is 14.0. The standard InChI is InChI=1S/C17H17NO3/c1-2-13-7-3-4-9-15(13)16(19)18-11-12-6-5-8-14(10-12)17(20)21/h3-10H,2,11H2,1H3,(H,18,19)(H,20,21). The molecule has 0 atom stereocenters. The number of carbonyl (C=O) groups excluding carboxylic acids is 1. The van der Waals surface area contributed by atoms with Crippen LogP contribution in [0.15, 0.2) is 48.5 Å². The van der Waals surface area contributed by atoms with Gasteiger partial charge in [0.1, 0.15) is 0 Å². The van der Waals surface area contributed by atoms with Crippen molar-refractivity contribution in [2.24, 2.45) is 0 Å². The van der Waals surface area contributed by atoms with Crippen LogP contribution in [0.25, 0.3) is 0 Å². The van der Waals surface area contributed by atoms with E-state index in [4.69, 9.17) is 5.11 Å². The zero-order valence-electron chi connectivity index (χ0n) is 11.8. The number of carboxylic acids is 1. The van der Waals surface area contributed by atoms with Gasteiger partial charge in [-0.2, -0.15) is 0 Å². The van der Waals surface area contributed by atoms with Crippen molar-refractivity contribution in [3.63, 3.8) is 0 Å². The molecule has 0 saturated heterocycles. The summed E-state index contributed by atoms with van der Waals surface area (Å²) in [5.74, 6) is -1.12. The summed E-state index contributed by atoms with van der Waals surface area (Å²) in [5.41, 5.74) is 2.64. The molecular formula is C17H17NO3. The van der Waals surface area contributed by atoms with Gasteiger partial charge in [0.05, 0.1) is 5.56 Å². The maximum absolute atomic E-state index is 12.2. The van der Waals surface area contributed by atoms with E-state index in [1.807, 2.05) is 25.1 Å². The number of aromatic carboxylic acids is 1. The molecule has 0 saturated carbocycles. The Hall–Kier alpha value is -2.62. The highest BCUT2D eigenvalue weighted by Gasteiger charge is 2.09. The molecule has 2 aromatic carbocycles. The fraction of sp³-hybridized carbons (Fsp3) is 0.176. The van der Waals surface area contributed by atoms with Crippen molar-refractivity contribution in [1.82, 2.24) is 5.32 Å². The average molecular weight is 283 g/mol. The molecule has 0 bridgehead atoms. The largest absolute Gasteiger partial charge is 0.478 e. The SMILES string of the molecule is CCc1ccccc1C(=O)NCc1cccc(C(=O)O)c1. The third-order valence-electron chi connectivity index (χ3n) is 3.27. The first-order valence-electron chi connectivity index (χ1n) is 6.80. The van der Waals surface area contributed by atoms with Crippen LogP contribution in [-0.4, -0.2) is 17.0 Å². The molecule has 0 aromatic heterocycles. The molecule has 2 N–H and O–H groups in total. The Morgan fingerprint density at radius 1 is 1.10 bits per heavy atom. The number of nitrogens with one attached hydrogen (secondary N) is 1. The quantitative estimate of drug-likeness (QED) is 0.886. The van der Waals surface area contributed by atoms with Crippen LogP contribution in [0.1, 0.15) is 38.8 Å². The minimum atomic E-state index is -0.973. The molecule has 0 aliphatic heterocycles. The third-order valence-corrected chi connectivity index (χ3v) is 3.27. The van der Waals surface area contributed by atoms with Crippen LogP contribution in [-0.2, 0) is 13.0 Å². The maximum atomic E-state index is 12.2. The Morgan fingerprint density at radius 2 is 1.86 bits per heavy atom. The summed E-state index contributed by atoms with van der Waals surface area (Å²) in [5, 5.41) is 11.8. The van der Waals surface area contributed by atoms with Gasteiger partial charge < -0.3 is 10.4 Å². The molecule has 21 heavy (non-hydrogen) atoms. The van der Waals surface area contributed by atoms with Gasteiger partial charge in [-0.05, 0) is 35.7 Å². The van der Waals surface area contributed by atoms with Crippen molar-refractivity contribution in [2.45, 2.75) is 19.9 Å². The van der Waals surface area contributed by atoms with Crippen LogP contribution in [0.2, 0.25) is 0 Å². The molecule has 1 amide bonds. The lowest BCUT2D eigenvalue weighted by Crippen LogP contribution is -2.24. The topological polar surface area (TPSA) is 66.4 Å². The van der Waals surface area contributed by atoms with Gasteiger partial charge in [-0.3, -0.25) is 4.79 Å². The summed E-state index contributed by atoms with van der Waals surface area (Å²) in [6.07, 6.45) is 0.790. The normalized spacial score (nSPS) is 10.1. The van der Waals surface area contributed by atoms with Crippen molar-refractivity contribution in [2.75, 3.05) is 0 Å². The van der Waals surface area contributed by atoms with E-state index < -0.39 is 5.97 Å². The van der Waals surface area contributed by atoms with Gasteiger partial charge in [0.25, 0.3) is 5.91 Å². The van der Waals surface area contributed by atoms with E-state index in [-0.39, 0.29) is 11.5 Å². The van der Waals surface area contributed by atoms with Gasteiger partial charge in [0.15, 0.2) is 0 Å². The summed E-state index contributed by atoms with van der Waals surface area (Å²) in [6.45, 7) is 2.31. The van der Waals surface area contributed by atoms with Gasteiger partial charge in [-0.15, -0.1) is 0 Å². The second-order valence-electron chi connectivity index (χ2n) is 4.70. The molecule has 0 aliphatic carbocycles. The highest BCUT2D eigenvalue weighted by molar-refractivity contribution is 5.95. The average Bonchev–Trinajstić information content (AvgIpc) is 2.52. The Labute approximate surface area is 123 Å². The number of aryl methyl sites for hydroxylation is 1. The summed E-state index contributed by atoms with van der Waals surface area (Å²) < 4.78 is 0. The first kappa shape index (κ1) is 14.8. The van der Waals surface area contributed by atoms with Crippen molar-refractivity contribution < 1.29 is 14.7 Å². The van der Waals surface area contributed by atoms with Gasteiger partial charge in [0, 0.05) is 12.1 Å². The fourth-order valence-electron chi connectivity index (χ4n) is 2.14. The maximum Gasteiger partial charge on any atom is 0.335 e. The molecule has 4 heteroatoms. The Kier molecular flexibility index (Phi) is 4.72. The third kappa shape index (κ3) is 3.69. The molecule has 0 heterocycles. The molecule has 0 radical (unpaired) electrons. The number of hydrogen-bond donors (Lipinski definition) is 2. The molecule has 0 unspecified atom stereocenters.